The second-order valence-electron chi connectivity index (χ2n) is 5.29. The third-order valence-electron chi connectivity index (χ3n) is 3.19. The zero-order chi connectivity index (χ0) is 18.2. The number of hydrogen-bond acceptors (Lipinski definition) is 4. The monoisotopic (exact) mass is 423 g/mol. The van der Waals surface area contributed by atoms with Crippen molar-refractivity contribution in [2.45, 2.75) is 24.7 Å². The first-order valence-corrected chi connectivity index (χ1v) is 9.77. The van der Waals surface area contributed by atoms with Gasteiger partial charge in [0.15, 0.2) is 0 Å². The van der Waals surface area contributed by atoms with Gasteiger partial charge in [-0.1, -0.05) is 15.9 Å². The Morgan fingerprint density at radius 3 is 2.32 bits per heavy atom. The number of carbonyl (C=O) groups is 2. The zero-order valence-electron chi connectivity index (χ0n) is 13.7. The molecular formula is C18H18BrNO4S. The van der Waals surface area contributed by atoms with Crippen molar-refractivity contribution in [2.75, 3.05) is 11.1 Å². The van der Waals surface area contributed by atoms with E-state index in [0.717, 1.165) is 9.37 Å². The molecule has 25 heavy (non-hydrogen) atoms. The second kappa shape index (κ2) is 9.48. The van der Waals surface area contributed by atoms with Crippen molar-refractivity contribution in [1.29, 1.82) is 0 Å². The van der Waals surface area contributed by atoms with E-state index in [1.54, 1.807) is 36.4 Å². The minimum atomic E-state index is -1.13. The topological polar surface area (TPSA) is 72.5 Å². The quantitative estimate of drug-likeness (QED) is 0.541. The van der Waals surface area contributed by atoms with E-state index in [1.165, 1.54) is 6.92 Å². The zero-order valence-corrected chi connectivity index (χ0v) is 16.1. The van der Waals surface area contributed by atoms with Crippen molar-refractivity contribution >= 4 is 44.3 Å². The molecule has 0 bridgehead atoms. The maximum absolute atomic E-state index is 12.1. The van der Waals surface area contributed by atoms with Crippen LogP contribution in [0.3, 0.4) is 0 Å². The molecule has 0 saturated heterocycles. The van der Waals surface area contributed by atoms with Crippen LogP contribution in [0.2, 0.25) is 0 Å². The lowest BCUT2D eigenvalue weighted by molar-refractivity contribution is -0.134. The van der Waals surface area contributed by atoms with Gasteiger partial charge in [-0.05, 0) is 55.0 Å². The Labute approximate surface area is 157 Å². The fourth-order valence-corrected chi connectivity index (χ4v) is 3.39. The summed E-state index contributed by atoms with van der Waals surface area (Å²) in [5.74, 6) is 0.273. The van der Waals surface area contributed by atoms with E-state index in [2.05, 4.69) is 21.2 Å². The predicted molar refractivity (Wildman–Crippen MR) is 101 cm³/mol. The van der Waals surface area contributed by atoms with E-state index >= 15 is 0 Å². The van der Waals surface area contributed by atoms with Crippen LogP contribution in [0, 0.1) is 0 Å². The fraction of sp³-hybridized carbons (Fsp3) is 0.222. The Bertz CT molecular complexity index is 760. The summed E-state index contributed by atoms with van der Waals surface area (Å²) in [5.41, 5.74) is 0.636. The third kappa shape index (κ3) is 6.80. The molecule has 2 aromatic rings. The number of amides is 1. The molecule has 0 fully saturated rings. The fourth-order valence-electron chi connectivity index (χ4n) is 2.04. The lowest BCUT2D eigenvalue weighted by Gasteiger charge is -2.06. The number of esters is 1. The highest BCUT2D eigenvalue weighted by atomic mass is 79.9. The number of anilines is 1. The largest absolute Gasteiger partial charge is 0.427 e. The highest BCUT2D eigenvalue weighted by molar-refractivity contribution is 9.10. The van der Waals surface area contributed by atoms with Crippen LogP contribution in [-0.4, -0.2) is 21.8 Å². The van der Waals surface area contributed by atoms with Gasteiger partial charge in [0.2, 0.25) is 5.91 Å². The van der Waals surface area contributed by atoms with Crippen LogP contribution in [0.4, 0.5) is 5.69 Å². The highest BCUT2D eigenvalue weighted by Crippen LogP contribution is 2.17. The first kappa shape index (κ1) is 19.3. The van der Waals surface area contributed by atoms with Crippen molar-refractivity contribution in [3.63, 3.8) is 0 Å². The average molecular weight is 424 g/mol. The summed E-state index contributed by atoms with van der Waals surface area (Å²) in [6.45, 7) is 1.42. The van der Waals surface area contributed by atoms with Gasteiger partial charge >= 0.3 is 5.97 Å². The number of carbonyl (C=O) groups excluding carboxylic acids is 2. The van der Waals surface area contributed by atoms with E-state index < -0.39 is 10.8 Å². The maximum atomic E-state index is 12.1. The van der Waals surface area contributed by atoms with Crippen LogP contribution in [0.1, 0.15) is 19.8 Å². The smallest absolute Gasteiger partial charge is 0.311 e. The number of ether oxygens (including phenoxy) is 1. The van der Waals surface area contributed by atoms with Gasteiger partial charge in [-0.15, -0.1) is 0 Å². The molecule has 0 heterocycles. The Hall–Kier alpha value is -1.99. The number of nitrogens with one attached hydrogen (secondary N) is 1. The Kier molecular flexibility index (Phi) is 7.33. The van der Waals surface area contributed by atoms with E-state index in [9.17, 15) is 13.8 Å². The van der Waals surface area contributed by atoms with Crippen LogP contribution in [-0.2, 0) is 20.4 Å². The third-order valence-corrected chi connectivity index (χ3v) is 5.18. The SMILES string of the molecule is CC(=O)Nc1ccc(OC(=O)CCCS(=O)c2ccc(Br)cc2)cc1. The molecule has 2 rings (SSSR count). The number of benzene rings is 2. The molecule has 132 valence electrons. The molecule has 0 spiro atoms. The lowest BCUT2D eigenvalue weighted by Crippen LogP contribution is -2.10. The van der Waals surface area contributed by atoms with Gasteiger partial charge in [0, 0.05) is 34.2 Å². The summed E-state index contributed by atoms with van der Waals surface area (Å²) < 4.78 is 18.3. The lowest BCUT2D eigenvalue weighted by atomic mass is 10.3. The first-order valence-electron chi connectivity index (χ1n) is 7.66. The minimum Gasteiger partial charge on any atom is -0.427 e. The predicted octanol–water partition coefficient (Wildman–Crippen LogP) is 3.90. The summed E-state index contributed by atoms with van der Waals surface area (Å²) in [6.07, 6.45) is 0.668. The van der Waals surface area contributed by atoms with Gasteiger partial charge < -0.3 is 10.1 Å². The Morgan fingerprint density at radius 1 is 1.08 bits per heavy atom. The van der Waals surface area contributed by atoms with Gasteiger partial charge in [0.1, 0.15) is 5.75 Å². The van der Waals surface area contributed by atoms with E-state index in [0.29, 0.717) is 23.6 Å². The summed E-state index contributed by atoms with van der Waals surface area (Å²) in [6, 6.07) is 13.8. The highest BCUT2D eigenvalue weighted by Gasteiger charge is 2.08. The van der Waals surface area contributed by atoms with E-state index in [1.807, 2.05) is 12.1 Å². The molecule has 0 aromatic heterocycles. The Balaban J connectivity index is 1.75. The van der Waals surface area contributed by atoms with Gasteiger partial charge in [-0.2, -0.15) is 0 Å². The number of rotatable bonds is 7. The molecule has 2 aromatic carbocycles. The Morgan fingerprint density at radius 2 is 1.72 bits per heavy atom. The second-order valence-corrected chi connectivity index (χ2v) is 7.77. The van der Waals surface area contributed by atoms with Gasteiger partial charge in [-0.3, -0.25) is 13.8 Å². The van der Waals surface area contributed by atoms with Crippen LogP contribution >= 0.6 is 15.9 Å². The van der Waals surface area contributed by atoms with E-state index in [-0.39, 0.29) is 18.3 Å². The van der Waals surface area contributed by atoms with Crippen LogP contribution < -0.4 is 10.1 Å². The van der Waals surface area contributed by atoms with Gasteiger partial charge in [0.25, 0.3) is 0 Å². The molecule has 0 radical (unpaired) electrons. The normalized spacial score (nSPS) is 11.6. The van der Waals surface area contributed by atoms with Crippen molar-refractivity contribution in [2.24, 2.45) is 0 Å². The first-order chi connectivity index (χ1) is 11.9. The summed E-state index contributed by atoms with van der Waals surface area (Å²) >= 11 is 3.33. The number of hydrogen-bond donors (Lipinski definition) is 1. The van der Waals surface area contributed by atoms with Gasteiger partial charge in [-0.25, -0.2) is 0 Å². The summed E-state index contributed by atoms with van der Waals surface area (Å²) in [5, 5.41) is 2.63. The van der Waals surface area contributed by atoms with Gasteiger partial charge in [0.05, 0.1) is 10.8 Å². The van der Waals surface area contributed by atoms with Crippen LogP contribution in [0.5, 0.6) is 5.75 Å². The molecule has 1 N–H and O–H groups in total. The van der Waals surface area contributed by atoms with Crippen LogP contribution in [0.25, 0.3) is 0 Å². The summed E-state index contributed by atoms with van der Waals surface area (Å²) in [4.78, 5) is 23.5. The number of halogens is 1. The standard InChI is InChI=1S/C18H18BrNO4S/c1-13(21)20-15-6-8-16(9-7-15)24-18(22)3-2-12-25(23)17-10-4-14(19)5-11-17/h4-11H,2-3,12H2,1H3,(H,20,21). The molecule has 0 aliphatic rings. The molecule has 0 saturated carbocycles. The molecule has 1 atom stereocenters. The molecular weight excluding hydrogens is 406 g/mol. The van der Waals surface area contributed by atoms with Crippen LogP contribution in [0.15, 0.2) is 57.9 Å². The van der Waals surface area contributed by atoms with E-state index in [4.69, 9.17) is 4.74 Å². The maximum Gasteiger partial charge on any atom is 0.311 e. The van der Waals surface area contributed by atoms with Crippen molar-refractivity contribution in [3.8, 4) is 5.75 Å². The molecule has 1 unspecified atom stereocenters. The van der Waals surface area contributed by atoms with Crippen molar-refractivity contribution < 1.29 is 18.5 Å². The summed E-state index contributed by atoms with van der Waals surface area (Å²) in [7, 11) is -1.13. The molecule has 7 heteroatoms. The molecule has 0 aliphatic carbocycles. The minimum absolute atomic E-state index is 0.163. The molecule has 0 aliphatic heterocycles. The van der Waals surface area contributed by atoms with Crippen molar-refractivity contribution in [1.82, 2.24) is 0 Å². The van der Waals surface area contributed by atoms with Crippen molar-refractivity contribution in [3.05, 3.63) is 53.0 Å². The molecule has 5 nitrogen and oxygen atoms in total. The molecule has 1 amide bonds. The average Bonchev–Trinajstić information content (AvgIpc) is 2.56.